The van der Waals surface area contributed by atoms with E-state index >= 15 is 0 Å². The molecule has 0 aliphatic carbocycles. The summed E-state index contributed by atoms with van der Waals surface area (Å²) in [7, 11) is 0. The van der Waals surface area contributed by atoms with Gasteiger partial charge in [0.1, 0.15) is 12.1 Å². The Balaban J connectivity index is 2.08. The minimum Gasteiger partial charge on any atom is -0.354 e. The van der Waals surface area contributed by atoms with E-state index in [1.165, 1.54) is 5.01 Å². The van der Waals surface area contributed by atoms with Crippen molar-refractivity contribution in [3.8, 4) is 0 Å². The van der Waals surface area contributed by atoms with Crippen molar-refractivity contribution in [1.82, 2.24) is 15.0 Å². The molecule has 2 rings (SSSR count). The lowest BCUT2D eigenvalue weighted by Crippen LogP contribution is -2.33. The van der Waals surface area contributed by atoms with Crippen LogP contribution in [0.25, 0.3) is 0 Å². The Bertz CT molecular complexity index is 481. The van der Waals surface area contributed by atoms with Gasteiger partial charge in [-0.25, -0.2) is 15.0 Å². The quantitative estimate of drug-likeness (QED) is 0.831. The molecule has 0 fully saturated rings. The standard InChI is InChI=1S/C13H18N4S/c1-10(2)17(6-4-13-14-5-7-18-13)12-8-11(3)15-9-16-12/h5,7-10H,4,6H2,1-3H3. The molecule has 0 aromatic carbocycles. The summed E-state index contributed by atoms with van der Waals surface area (Å²) < 4.78 is 0. The summed E-state index contributed by atoms with van der Waals surface area (Å²) in [5.74, 6) is 0.994. The van der Waals surface area contributed by atoms with Gasteiger partial charge in [0.15, 0.2) is 0 Å². The molecule has 0 N–H and O–H groups in total. The van der Waals surface area contributed by atoms with Gasteiger partial charge in [0, 0.05) is 42.3 Å². The Morgan fingerprint density at radius 2 is 2.11 bits per heavy atom. The second kappa shape index (κ2) is 5.91. The Labute approximate surface area is 112 Å². The van der Waals surface area contributed by atoms with Crippen LogP contribution in [0.2, 0.25) is 0 Å². The smallest absolute Gasteiger partial charge is 0.132 e. The Morgan fingerprint density at radius 3 is 2.72 bits per heavy atom. The number of rotatable bonds is 5. The number of aryl methyl sites for hydroxylation is 1. The van der Waals surface area contributed by atoms with Gasteiger partial charge in [-0.05, 0) is 20.8 Å². The van der Waals surface area contributed by atoms with Gasteiger partial charge < -0.3 is 4.90 Å². The third kappa shape index (κ3) is 3.26. The van der Waals surface area contributed by atoms with Gasteiger partial charge in [-0.15, -0.1) is 11.3 Å². The van der Waals surface area contributed by atoms with E-state index in [9.17, 15) is 0 Å². The first-order valence-electron chi connectivity index (χ1n) is 6.10. The van der Waals surface area contributed by atoms with Crippen LogP contribution in [0.4, 0.5) is 5.82 Å². The van der Waals surface area contributed by atoms with E-state index in [1.807, 2.05) is 24.6 Å². The van der Waals surface area contributed by atoms with Gasteiger partial charge in [-0.3, -0.25) is 0 Å². The highest BCUT2D eigenvalue weighted by molar-refractivity contribution is 7.09. The molecule has 5 heteroatoms. The van der Waals surface area contributed by atoms with Crippen molar-refractivity contribution in [2.45, 2.75) is 33.2 Å². The molecule has 4 nitrogen and oxygen atoms in total. The van der Waals surface area contributed by atoms with E-state index in [0.29, 0.717) is 6.04 Å². The van der Waals surface area contributed by atoms with Crippen molar-refractivity contribution in [1.29, 1.82) is 0 Å². The van der Waals surface area contributed by atoms with Crippen LogP contribution in [0.3, 0.4) is 0 Å². The Kier molecular flexibility index (Phi) is 4.25. The van der Waals surface area contributed by atoms with Crippen LogP contribution in [0.15, 0.2) is 24.0 Å². The predicted octanol–water partition coefficient (Wildman–Crippen LogP) is 2.70. The molecule has 0 unspecified atom stereocenters. The summed E-state index contributed by atoms with van der Waals surface area (Å²) in [5.41, 5.74) is 1.000. The minimum absolute atomic E-state index is 0.416. The summed E-state index contributed by atoms with van der Waals surface area (Å²) in [6.45, 7) is 7.28. The molecule has 2 aromatic heterocycles. The van der Waals surface area contributed by atoms with Crippen LogP contribution < -0.4 is 4.90 Å². The lowest BCUT2D eigenvalue weighted by molar-refractivity contribution is 0.666. The summed E-state index contributed by atoms with van der Waals surface area (Å²) >= 11 is 1.70. The van der Waals surface area contributed by atoms with Crippen LogP contribution in [-0.2, 0) is 6.42 Å². The second-order valence-corrected chi connectivity index (χ2v) is 5.46. The number of thiazole rings is 1. The summed E-state index contributed by atoms with van der Waals surface area (Å²) in [6.07, 6.45) is 4.44. The minimum atomic E-state index is 0.416. The zero-order valence-corrected chi connectivity index (χ0v) is 11.8. The molecule has 2 aromatic rings. The molecule has 96 valence electrons. The molecular formula is C13H18N4S. The van der Waals surface area contributed by atoms with Crippen molar-refractivity contribution in [2.75, 3.05) is 11.4 Å². The molecule has 2 heterocycles. The molecule has 0 spiro atoms. The Morgan fingerprint density at radius 1 is 1.28 bits per heavy atom. The van der Waals surface area contributed by atoms with Crippen LogP contribution >= 0.6 is 11.3 Å². The average molecular weight is 262 g/mol. The Hall–Kier alpha value is -1.49. The van der Waals surface area contributed by atoms with Crippen LogP contribution in [-0.4, -0.2) is 27.5 Å². The van der Waals surface area contributed by atoms with Gasteiger partial charge in [-0.2, -0.15) is 0 Å². The van der Waals surface area contributed by atoms with Gasteiger partial charge in [0.05, 0.1) is 5.01 Å². The first kappa shape index (κ1) is 13.0. The van der Waals surface area contributed by atoms with Crippen LogP contribution in [0.1, 0.15) is 24.5 Å². The SMILES string of the molecule is Cc1cc(N(CCc2nccs2)C(C)C)ncn1. The van der Waals surface area contributed by atoms with Gasteiger partial charge in [0.2, 0.25) is 0 Å². The molecule has 0 aliphatic heterocycles. The molecule has 18 heavy (non-hydrogen) atoms. The zero-order chi connectivity index (χ0) is 13.0. The lowest BCUT2D eigenvalue weighted by Gasteiger charge is -2.27. The molecule has 0 radical (unpaired) electrons. The topological polar surface area (TPSA) is 41.9 Å². The predicted molar refractivity (Wildman–Crippen MR) is 75.1 cm³/mol. The number of aromatic nitrogens is 3. The lowest BCUT2D eigenvalue weighted by atomic mass is 10.2. The van der Waals surface area contributed by atoms with Crippen molar-refractivity contribution < 1.29 is 0 Å². The van der Waals surface area contributed by atoms with E-state index < -0.39 is 0 Å². The van der Waals surface area contributed by atoms with E-state index in [0.717, 1.165) is 24.5 Å². The highest BCUT2D eigenvalue weighted by atomic mass is 32.1. The maximum atomic E-state index is 4.36. The molecule has 0 aliphatic rings. The number of hydrogen-bond donors (Lipinski definition) is 0. The van der Waals surface area contributed by atoms with E-state index in [1.54, 1.807) is 17.7 Å². The van der Waals surface area contributed by atoms with Crippen molar-refractivity contribution in [3.63, 3.8) is 0 Å². The summed E-state index contributed by atoms with van der Waals surface area (Å²) in [6, 6.07) is 2.45. The normalized spacial score (nSPS) is 10.9. The highest BCUT2D eigenvalue weighted by Crippen LogP contribution is 2.15. The van der Waals surface area contributed by atoms with Gasteiger partial charge >= 0.3 is 0 Å². The third-order valence-electron chi connectivity index (χ3n) is 2.76. The largest absolute Gasteiger partial charge is 0.354 e. The third-order valence-corrected chi connectivity index (χ3v) is 3.60. The van der Waals surface area contributed by atoms with Crippen molar-refractivity contribution in [2.24, 2.45) is 0 Å². The van der Waals surface area contributed by atoms with Crippen molar-refractivity contribution >= 4 is 17.2 Å². The molecular weight excluding hydrogens is 244 g/mol. The molecule has 0 atom stereocenters. The fourth-order valence-electron chi connectivity index (χ4n) is 1.83. The maximum absolute atomic E-state index is 4.36. The average Bonchev–Trinajstić information content (AvgIpc) is 2.82. The number of hydrogen-bond acceptors (Lipinski definition) is 5. The first-order chi connectivity index (χ1) is 8.66. The number of nitrogens with zero attached hydrogens (tertiary/aromatic N) is 4. The number of anilines is 1. The van der Waals surface area contributed by atoms with E-state index in [4.69, 9.17) is 0 Å². The fraction of sp³-hybridized carbons (Fsp3) is 0.462. The fourth-order valence-corrected chi connectivity index (χ4v) is 2.44. The molecule has 0 saturated carbocycles. The summed E-state index contributed by atoms with van der Waals surface area (Å²) in [4.78, 5) is 15.1. The maximum Gasteiger partial charge on any atom is 0.132 e. The molecule has 0 bridgehead atoms. The monoisotopic (exact) mass is 262 g/mol. The van der Waals surface area contributed by atoms with E-state index in [2.05, 4.69) is 33.7 Å². The molecule has 0 amide bonds. The molecule has 0 saturated heterocycles. The van der Waals surface area contributed by atoms with Gasteiger partial charge in [-0.1, -0.05) is 0 Å². The van der Waals surface area contributed by atoms with Gasteiger partial charge in [0.25, 0.3) is 0 Å². The van der Waals surface area contributed by atoms with Crippen LogP contribution in [0, 0.1) is 6.92 Å². The zero-order valence-electron chi connectivity index (χ0n) is 11.0. The van der Waals surface area contributed by atoms with E-state index in [-0.39, 0.29) is 0 Å². The summed E-state index contributed by atoms with van der Waals surface area (Å²) in [5, 5.41) is 3.19. The van der Waals surface area contributed by atoms with Crippen LogP contribution in [0.5, 0.6) is 0 Å². The highest BCUT2D eigenvalue weighted by Gasteiger charge is 2.12. The first-order valence-corrected chi connectivity index (χ1v) is 6.98. The van der Waals surface area contributed by atoms with Crippen molar-refractivity contribution in [3.05, 3.63) is 34.7 Å². The second-order valence-electron chi connectivity index (χ2n) is 4.48.